The molecule has 1 aromatic carbocycles. The van der Waals surface area contributed by atoms with E-state index in [-0.39, 0.29) is 36.1 Å². The van der Waals surface area contributed by atoms with Crippen molar-refractivity contribution in [2.45, 2.75) is 31.1 Å². The second kappa shape index (κ2) is 10.3. The van der Waals surface area contributed by atoms with Gasteiger partial charge in [0.15, 0.2) is 11.5 Å². The molecule has 1 aliphatic carbocycles. The summed E-state index contributed by atoms with van der Waals surface area (Å²) in [4.78, 5) is 23.9. The number of nitrogen functional groups attached to an aromatic ring is 1. The Morgan fingerprint density at radius 1 is 1.26 bits per heavy atom. The SMILES string of the molecule is COc1ccc(C(=O)N2CCCC3(CCc4cnc(N)nc43)C2)cc1OCCN.Cl.Cl. The Kier molecular flexibility index (Phi) is 8.34. The zero-order valence-corrected chi connectivity index (χ0v) is 19.1. The van der Waals surface area contributed by atoms with Gasteiger partial charge in [-0.1, -0.05) is 0 Å². The number of benzene rings is 1. The molecular formula is C21H29Cl2N5O3. The quantitative estimate of drug-likeness (QED) is 0.689. The number of piperidine rings is 1. The molecule has 1 saturated heterocycles. The Hall–Kier alpha value is -2.29. The third-order valence-electron chi connectivity index (χ3n) is 5.91. The highest BCUT2D eigenvalue weighted by atomic mass is 35.5. The van der Waals surface area contributed by atoms with Crippen LogP contribution in [-0.2, 0) is 11.8 Å². The van der Waals surface area contributed by atoms with Gasteiger partial charge in [0, 0.05) is 36.8 Å². The van der Waals surface area contributed by atoms with Gasteiger partial charge in [-0.25, -0.2) is 9.97 Å². The van der Waals surface area contributed by atoms with E-state index in [1.807, 2.05) is 11.1 Å². The van der Waals surface area contributed by atoms with E-state index in [9.17, 15) is 4.79 Å². The Morgan fingerprint density at radius 2 is 2.06 bits per heavy atom. The summed E-state index contributed by atoms with van der Waals surface area (Å²) in [5.41, 5.74) is 14.0. The highest BCUT2D eigenvalue weighted by Gasteiger charge is 2.44. The van der Waals surface area contributed by atoms with Crippen LogP contribution in [0.2, 0.25) is 0 Å². The molecule has 1 aliphatic heterocycles. The number of carbonyl (C=O) groups is 1. The summed E-state index contributed by atoms with van der Waals surface area (Å²) in [5, 5.41) is 0. The van der Waals surface area contributed by atoms with Crippen LogP contribution < -0.4 is 20.9 Å². The van der Waals surface area contributed by atoms with Gasteiger partial charge in [0.25, 0.3) is 5.91 Å². The standard InChI is InChI=1S/C21H27N5O3.2ClH/c1-28-16-4-3-14(11-17(16)29-10-8-22)19(27)26-9-2-6-21(13-26)7-5-15-12-24-20(23)25-18(15)21;;/h3-4,11-12H,2,5-10,13,22H2,1H3,(H2,23,24,25);2*1H. The molecule has 1 atom stereocenters. The van der Waals surface area contributed by atoms with E-state index in [1.165, 1.54) is 0 Å². The van der Waals surface area contributed by atoms with Crippen molar-refractivity contribution in [1.82, 2.24) is 14.9 Å². The van der Waals surface area contributed by atoms with E-state index >= 15 is 0 Å². The van der Waals surface area contributed by atoms with E-state index in [0.29, 0.717) is 42.7 Å². The molecule has 2 aromatic rings. The molecule has 0 bridgehead atoms. The van der Waals surface area contributed by atoms with E-state index in [2.05, 4.69) is 9.97 Å². The number of ether oxygens (including phenoxy) is 2. The van der Waals surface area contributed by atoms with Gasteiger partial charge in [-0.05, 0) is 49.4 Å². The van der Waals surface area contributed by atoms with Gasteiger partial charge in [-0.2, -0.15) is 0 Å². The van der Waals surface area contributed by atoms with Crippen LogP contribution in [0.15, 0.2) is 24.4 Å². The van der Waals surface area contributed by atoms with Gasteiger partial charge in [0.05, 0.1) is 12.8 Å². The molecule has 31 heavy (non-hydrogen) atoms. The minimum absolute atomic E-state index is 0. The molecule has 1 aromatic heterocycles. The topological polar surface area (TPSA) is 117 Å². The Bertz CT molecular complexity index is 926. The van der Waals surface area contributed by atoms with Crippen molar-refractivity contribution in [3.8, 4) is 11.5 Å². The van der Waals surface area contributed by atoms with E-state index < -0.39 is 0 Å². The molecule has 10 heteroatoms. The average molecular weight is 470 g/mol. The van der Waals surface area contributed by atoms with Gasteiger partial charge >= 0.3 is 0 Å². The smallest absolute Gasteiger partial charge is 0.254 e. The minimum Gasteiger partial charge on any atom is -0.493 e. The van der Waals surface area contributed by atoms with Crippen molar-refractivity contribution in [1.29, 1.82) is 0 Å². The molecule has 2 aliphatic rings. The van der Waals surface area contributed by atoms with Crippen LogP contribution in [0.25, 0.3) is 0 Å². The summed E-state index contributed by atoms with van der Waals surface area (Å²) in [6.45, 7) is 2.11. The summed E-state index contributed by atoms with van der Waals surface area (Å²) >= 11 is 0. The van der Waals surface area contributed by atoms with Crippen LogP contribution in [0.4, 0.5) is 5.95 Å². The number of halogens is 2. The summed E-state index contributed by atoms with van der Waals surface area (Å²) < 4.78 is 11.0. The van der Waals surface area contributed by atoms with Crippen molar-refractivity contribution < 1.29 is 14.3 Å². The second-order valence-electron chi connectivity index (χ2n) is 7.72. The zero-order chi connectivity index (χ0) is 20.4. The number of carbonyl (C=O) groups excluding carboxylic acids is 1. The molecular weight excluding hydrogens is 441 g/mol. The first kappa shape index (κ1) is 25.0. The molecule has 0 saturated carbocycles. The van der Waals surface area contributed by atoms with Crippen LogP contribution >= 0.6 is 24.8 Å². The normalized spacial score (nSPS) is 19.2. The first-order valence-corrected chi connectivity index (χ1v) is 9.98. The number of likely N-dealkylation sites (tertiary alicyclic amines) is 1. The monoisotopic (exact) mass is 469 g/mol. The lowest BCUT2D eigenvalue weighted by atomic mass is 9.77. The molecule has 1 amide bonds. The number of anilines is 1. The zero-order valence-electron chi connectivity index (χ0n) is 17.5. The Labute approximate surface area is 194 Å². The van der Waals surface area contributed by atoms with Crippen molar-refractivity contribution in [3.05, 3.63) is 41.2 Å². The van der Waals surface area contributed by atoms with Crippen molar-refractivity contribution in [3.63, 3.8) is 0 Å². The van der Waals surface area contributed by atoms with E-state index in [0.717, 1.165) is 43.5 Å². The van der Waals surface area contributed by atoms with Crippen LogP contribution in [0.5, 0.6) is 11.5 Å². The maximum atomic E-state index is 13.3. The first-order valence-electron chi connectivity index (χ1n) is 9.98. The number of nitrogens with two attached hydrogens (primary N) is 2. The lowest BCUT2D eigenvalue weighted by molar-refractivity contribution is 0.0633. The summed E-state index contributed by atoms with van der Waals surface area (Å²) in [6, 6.07) is 5.28. The maximum Gasteiger partial charge on any atom is 0.254 e. The molecule has 8 nitrogen and oxygen atoms in total. The van der Waals surface area contributed by atoms with Crippen LogP contribution in [-0.4, -0.2) is 54.1 Å². The number of fused-ring (bicyclic) bond motifs is 2. The number of rotatable bonds is 5. The lowest BCUT2D eigenvalue weighted by Gasteiger charge is -2.40. The largest absolute Gasteiger partial charge is 0.493 e. The third kappa shape index (κ3) is 4.81. The molecule has 170 valence electrons. The number of nitrogens with zero attached hydrogens (tertiary/aromatic N) is 3. The number of aryl methyl sites for hydroxylation is 1. The second-order valence-corrected chi connectivity index (χ2v) is 7.72. The predicted octanol–water partition coefficient (Wildman–Crippen LogP) is 2.37. The van der Waals surface area contributed by atoms with Crippen LogP contribution in [0.1, 0.15) is 40.9 Å². The summed E-state index contributed by atoms with van der Waals surface area (Å²) in [7, 11) is 1.58. The van der Waals surface area contributed by atoms with Gasteiger partial charge < -0.3 is 25.8 Å². The number of methoxy groups -OCH3 is 1. The van der Waals surface area contributed by atoms with Crippen molar-refractivity contribution in [2.75, 3.05) is 39.1 Å². The Morgan fingerprint density at radius 3 is 2.81 bits per heavy atom. The Balaban J connectivity index is 0.00000171. The van der Waals surface area contributed by atoms with Gasteiger partial charge in [0.2, 0.25) is 5.95 Å². The maximum absolute atomic E-state index is 13.3. The molecule has 1 spiro atoms. The summed E-state index contributed by atoms with van der Waals surface area (Å²) in [5.74, 6) is 1.40. The average Bonchev–Trinajstić information content (AvgIpc) is 3.08. The fourth-order valence-electron chi connectivity index (χ4n) is 4.53. The molecule has 0 radical (unpaired) electrons. The molecule has 4 rings (SSSR count). The fraction of sp³-hybridized carbons (Fsp3) is 0.476. The number of hydrogen-bond donors (Lipinski definition) is 2. The number of hydrogen-bond acceptors (Lipinski definition) is 7. The summed E-state index contributed by atoms with van der Waals surface area (Å²) in [6.07, 6.45) is 5.67. The minimum atomic E-state index is -0.133. The van der Waals surface area contributed by atoms with Gasteiger partial charge in [0.1, 0.15) is 6.61 Å². The van der Waals surface area contributed by atoms with E-state index in [1.54, 1.807) is 25.3 Å². The molecule has 4 N–H and O–H groups in total. The highest BCUT2D eigenvalue weighted by Crippen LogP contribution is 2.44. The molecule has 2 heterocycles. The van der Waals surface area contributed by atoms with Crippen LogP contribution in [0, 0.1) is 0 Å². The van der Waals surface area contributed by atoms with Crippen molar-refractivity contribution >= 4 is 36.7 Å². The number of aromatic nitrogens is 2. The molecule has 1 unspecified atom stereocenters. The predicted molar refractivity (Wildman–Crippen MR) is 124 cm³/mol. The van der Waals surface area contributed by atoms with Crippen molar-refractivity contribution in [2.24, 2.45) is 5.73 Å². The highest BCUT2D eigenvalue weighted by molar-refractivity contribution is 5.95. The first-order chi connectivity index (χ1) is 14.1. The van der Waals surface area contributed by atoms with Gasteiger partial charge in [-0.15, -0.1) is 24.8 Å². The van der Waals surface area contributed by atoms with Gasteiger partial charge in [-0.3, -0.25) is 4.79 Å². The van der Waals surface area contributed by atoms with E-state index in [4.69, 9.17) is 20.9 Å². The lowest BCUT2D eigenvalue weighted by Crippen LogP contribution is -2.48. The number of amides is 1. The fourth-order valence-corrected chi connectivity index (χ4v) is 4.53. The molecule has 1 fully saturated rings. The van der Waals surface area contributed by atoms with Crippen LogP contribution in [0.3, 0.4) is 0 Å². The third-order valence-corrected chi connectivity index (χ3v) is 5.91.